The molecule has 0 amide bonds. The Morgan fingerprint density at radius 3 is 3.06 bits per heavy atom. The monoisotopic (exact) mass is 255 g/mol. The number of ether oxygens (including phenoxy) is 1. The van der Waals surface area contributed by atoms with Gasteiger partial charge in [-0.2, -0.15) is 4.98 Å². The van der Waals surface area contributed by atoms with Crippen molar-refractivity contribution in [1.82, 2.24) is 9.97 Å². The molecule has 5 heteroatoms. The van der Waals surface area contributed by atoms with Crippen molar-refractivity contribution in [1.29, 1.82) is 0 Å². The molecule has 0 radical (unpaired) electrons. The summed E-state index contributed by atoms with van der Waals surface area (Å²) in [5.74, 6) is 1.94. The van der Waals surface area contributed by atoms with Crippen LogP contribution in [0.5, 0.6) is 5.88 Å². The van der Waals surface area contributed by atoms with Gasteiger partial charge >= 0.3 is 0 Å². The molecule has 1 saturated heterocycles. The van der Waals surface area contributed by atoms with Crippen LogP contribution in [0.1, 0.15) is 20.3 Å². The SMILES string of the molecule is CCOc1cncc(N2CCC(Cl)C(C)C2)n1. The fraction of sp³-hybridized carbons (Fsp3) is 0.667. The van der Waals surface area contributed by atoms with E-state index in [9.17, 15) is 0 Å². The molecule has 0 aromatic carbocycles. The Morgan fingerprint density at radius 1 is 1.53 bits per heavy atom. The molecule has 0 aliphatic carbocycles. The maximum Gasteiger partial charge on any atom is 0.234 e. The van der Waals surface area contributed by atoms with Gasteiger partial charge in [-0.25, -0.2) is 0 Å². The van der Waals surface area contributed by atoms with Crippen molar-refractivity contribution < 1.29 is 4.74 Å². The van der Waals surface area contributed by atoms with Crippen molar-refractivity contribution in [3.05, 3.63) is 12.4 Å². The first-order chi connectivity index (χ1) is 8.20. The molecular formula is C12H18ClN3O. The molecule has 0 spiro atoms. The summed E-state index contributed by atoms with van der Waals surface area (Å²) in [6.07, 6.45) is 4.41. The summed E-state index contributed by atoms with van der Waals surface area (Å²) in [6, 6.07) is 0. The second-order valence-electron chi connectivity index (χ2n) is 4.38. The van der Waals surface area contributed by atoms with Crippen molar-refractivity contribution in [3.8, 4) is 5.88 Å². The zero-order valence-electron chi connectivity index (χ0n) is 10.3. The Kier molecular flexibility index (Phi) is 4.05. The van der Waals surface area contributed by atoms with E-state index in [4.69, 9.17) is 16.3 Å². The van der Waals surface area contributed by atoms with Gasteiger partial charge in [0.1, 0.15) is 0 Å². The highest BCUT2D eigenvalue weighted by atomic mass is 35.5. The molecule has 0 saturated carbocycles. The highest BCUT2D eigenvalue weighted by Crippen LogP contribution is 2.25. The van der Waals surface area contributed by atoms with Crippen LogP contribution in [-0.2, 0) is 0 Å². The first kappa shape index (κ1) is 12.4. The predicted molar refractivity (Wildman–Crippen MR) is 68.8 cm³/mol. The Labute approximate surface area is 107 Å². The number of aromatic nitrogens is 2. The van der Waals surface area contributed by atoms with Crippen LogP contribution in [0.25, 0.3) is 0 Å². The number of alkyl halides is 1. The molecule has 4 nitrogen and oxygen atoms in total. The molecule has 1 aromatic rings. The van der Waals surface area contributed by atoms with Crippen LogP contribution in [-0.4, -0.2) is 35.0 Å². The number of hydrogen-bond acceptors (Lipinski definition) is 4. The molecule has 1 aliphatic rings. The van der Waals surface area contributed by atoms with E-state index in [2.05, 4.69) is 21.8 Å². The van der Waals surface area contributed by atoms with Gasteiger partial charge in [0.25, 0.3) is 0 Å². The van der Waals surface area contributed by atoms with Crippen molar-refractivity contribution in [2.75, 3.05) is 24.6 Å². The van der Waals surface area contributed by atoms with Crippen LogP contribution < -0.4 is 9.64 Å². The van der Waals surface area contributed by atoms with Gasteiger partial charge in [-0.15, -0.1) is 11.6 Å². The summed E-state index contributed by atoms with van der Waals surface area (Å²) in [5.41, 5.74) is 0. The minimum absolute atomic E-state index is 0.272. The largest absolute Gasteiger partial charge is 0.477 e. The minimum Gasteiger partial charge on any atom is -0.477 e. The summed E-state index contributed by atoms with van der Waals surface area (Å²) in [7, 11) is 0. The standard InChI is InChI=1S/C12H18ClN3O/c1-3-17-12-7-14-6-11(15-12)16-5-4-10(13)9(2)8-16/h6-7,9-10H,3-5,8H2,1-2H3. The molecule has 0 bridgehead atoms. The van der Waals surface area contributed by atoms with Crippen LogP contribution >= 0.6 is 11.6 Å². The van der Waals surface area contributed by atoms with Crippen molar-refractivity contribution >= 4 is 17.4 Å². The predicted octanol–water partition coefficient (Wildman–Crippen LogP) is 2.33. The first-order valence-corrected chi connectivity index (χ1v) is 6.48. The summed E-state index contributed by atoms with van der Waals surface area (Å²) in [4.78, 5) is 10.8. The van der Waals surface area contributed by atoms with Crippen molar-refractivity contribution in [3.63, 3.8) is 0 Å². The second kappa shape index (κ2) is 5.54. The molecule has 1 aromatic heterocycles. The zero-order valence-corrected chi connectivity index (χ0v) is 11.0. The molecule has 17 heavy (non-hydrogen) atoms. The van der Waals surface area contributed by atoms with Crippen LogP contribution in [0.15, 0.2) is 12.4 Å². The van der Waals surface area contributed by atoms with Gasteiger partial charge in [-0.3, -0.25) is 4.98 Å². The van der Waals surface area contributed by atoms with Crippen LogP contribution in [0.2, 0.25) is 0 Å². The third-order valence-corrected chi connectivity index (χ3v) is 3.66. The topological polar surface area (TPSA) is 38.2 Å². The number of piperidine rings is 1. The van der Waals surface area contributed by atoms with E-state index in [1.807, 2.05) is 6.92 Å². The third kappa shape index (κ3) is 3.00. The number of halogens is 1. The molecule has 2 heterocycles. The molecule has 1 aliphatic heterocycles. The summed E-state index contributed by atoms with van der Waals surface area (Å²) < 4.78 is 5.36. The number of hydrogen-bond donors (Lipinski definition) is 0. The Balaban J connectivity index is 2.09. The van der Waals surface area contributed by atoms with Gasteiger partial charge in [-0.1, -0.05) is 6.92 Å². The summed E-state index contributed by atoms with van der Waals surface area (Å²) in [5, 5.41) is 0.272. The molecule has 1 fully saturated rings. The molecule has 2 atom stereocenters. The lowest BCUT2D eigenvalue weighted by Gasteiger charge is -2.34. The quantitative estimate of drug-likeness (QED) is 0.777. The van der Waals surface area contributed by atoms with E-state index in [0.29, 0.717) is 18.4 Å². The van der Waals surface area contributed by atoms with Crippen molar-refractivity contribution in [2.45, 2.75) is 25.6 Å². The van der Waals surface area contributed by atoms with Crippen molar-refractivity contribution in [2.24, 2.45) is 5.92 Å². The van der Waals surface area contributed by atoms with E-state index in [-0.39, 0.29) is 5.38 Å². The maximum atomic E-state index is 6.21. The average molecular weight is 256 g/mol. The van der Waals surface area contributed by atoms with E-state index in [0.717, 1.165) is 25.3 Å². The number of nitrogens with zero attached hydrogens (tertiary/aromatic N) is 3. The molecule has 0 N–H and O–H groups in total. The van der Waals surface area contributed by atoms with Crippen LogP contribution in [0.4, 0.5) is 5.82 Å². The Morgan fingerprint density at radius 2 is 2.35 bits per heavy atom. The van der Waals surface area contributed by atoms with Gasteiger partial charge in [0.05, 0.1) is 19.0 Å². The highest BCUT2D eigenvalue weighted by molar-refractivity contribution is 6.20. The second-order valence-corrected chi connectivity index (χ2v) is 4.94. The normalized spacial score (nSPS) is 24.8. The van der Waals surface area contributed by atoms with Gasteiger partial charge in [0.15, 0.2) is 5.82 Å². The smallest absolute Gasteiger partial charge is 0.234 e. The fourth-order valence-corrected chi connectivity index (χ4v) is 2.21. The Bertz CT molecular complexity index is 375. The lowest BCUT2D eigenvalue weighted by atomic mass is 10.00. The van der Waals surface area contributed by atoms with Gasteiger partial charge in [0, 0.05) is 18.5 Å². The number of anilines is 1. The fourth-order valence-electron chi connectivity index (χ4n) is 2.03. The van der Waals surface area contributed by atoms with Crippen LogP contribution in [0.3, 0.4) is 0 Å². The minimum atomic E-state index is 0.272. The van der Waals surface area contributed by atoms with E-state index < -0.39 is 0 Å². The summed E-state index contributed by atoms with van der Waals surface area (Å²) >= 11 is 6.21. The molecule has 2 rings (SSSR count). The Hall–Kier alpha value is -1.03. The van der Waals surface area contributed by atoms with E-state index >= 15 is 0 Å². The van der Waals surface area contributed by atoms with Gasteiger partial charge < -0.3 is 9.64 Å². The number of rotatable bonds is 3. The first-order valence-electron chi connectivity index (χ1n) is 6.04. The molecular weight excluding hydrogens is 238 g/mol. The average Bonchev–Trinajstić information content (AvgIpc) is 2.33. The maximum absolute atomic E-state index is 6.21. The van der Waals surface area contributed by atoms with Gasteiger partial charge in [-0.05, 0) is 19.3 Å². The van der Waals surface area contributed by atoms with Gasteiger partial charge in [0.2, 0.25) is 5.88 Å². The highest BCUT2D eigenvalue weighted by Gasteiger charge is 2.25. The molecule has 2 unspecified atom stereocenters. The lowest BCUT2D eigenvalue weighted by molar-refractivity contribution is 0.324. The molecule has 94 valence electrons. The van der Waals surface area contributed by atoms with Crippen LogP contribution in [0, 0.1) is 5.92 Å². The lowest BCUT2D eigenvalue weighted by Crippen LogP contribution is -2.40. The zero-order chi connectivity index (χ0) is 12.3. The van der Waals surface area contributed by atoms with E-state index in [1.165, 1.54) is 0 Å². The van der Waals surface area contributed by atoms with E-state index in [1.54, 1.807) is 12.4 Å². The third-order valence-electron chi connectivity index (χ3n) is 3.02. The summed E-state index contributed by atoms with van der Waals surface area (Å²) in [6.45, 7) is 6.58.